The Morgan fingerprint density at radius 1 is 1.32 bits per heavy atom. The Morgan fingerprint density at radius 3 is 2.79 bits per heavy atom. The topological polar surface area (TPSA) is 31.4 Å². The fraction of sp³-hybridized carbons (Fsp3) is 0.357. The highest BCUT2D eigenvalue weighted by molar-refractivity contribution is 7.79. The van der Waals surface area contributed by atoms with Gasteiger partial charge in [-0.3, -0.25) is 0 Å². The number of hydrogen-bond donors (Lipinski definition) is 1. The van der Waals surface area contributed by atoms with Gasteiger partial charge in [-0.05, 0) is 19.1 Å². The molecule has 5 heteroatoms. The molecule has 0 radical (unpaired) electrons. The van der Waals surface area contributed by atoms with Crippen LogP contribution in [-0.2, 0) is 17.1 Å². The Morgan fingerprint density at radius 2 is 2.11 bits per heavy atom. The lowest BCUT2D eigenvalue weighted by Gasteiger charge is -2.07. The van der Waals surface area contributed by atoms with Crippen molar-refractivity contribution in [3.63, 3.8) is 0 Å². The second-order valence-electron chi connectivity index (χ2n) is 3.91. The first-order chi connectivity index (χ1) is 9.30. The Hall–Kier alpha value is -1.04. The van der Waals surface area contributed by atoms with Crippen molar-refractivity contribution in [2.45, 2.75) is 19.3 Å². The second-order valence-corrected chi connectivity index (χ2v) is 5.31. The fourth-order valence-electron chi connectivity index (χ4n) is 1.80. The maximum Gasteiger partial charge on any atom is 0.129 e. The Kier molecular flexibility index (Phi) is 5.24. The number of ether oxygens (including phenoxy) is 2. The van der Waals surface area contributed by atoms with E-state index >= 15 is 0 Å². The molecule has 0 fully saturated rings. The smallest absolute Gasteiger partial charge is 0.129 e. The van der Waals surface area contributed by atoms with Crippen molar-refractivity contribution in [3.8, 4) is 16.3 Å². The van der Waals surface area contributed by atoms with E-state index in [1.807, 2.05) is 31.2 Å². The summed E-state index contributed by atoms with van der Waals surface area (Å²) < 4.78 is 10.8. The average molecular weight is 295 g/mol. The van der Waals surface area contributed by atoms with E-state index in [2.05, 4.69) is 17.6 Å². The predicted octanol–water partition coefficient (Wildman–Crippen LogP) is 3.79. The molecule has 0 unspecified atom stereocenters. The molecule has 0 aliphatic rings. The molecule has 0 N–H and O–H groups in total. The molecule has 1 aromatic carbocycles. The number of hydrogen-bond acceptors (Lipinski definition) is 5. The summed E-state index contributed by atoms with van der Waals surface area (Å²) >= 11 is 5.99. The van der Waals surface area contributed by atoms with Crippen molar-refractivity contribution >= 4 is 24.0 Å². The fourth-order valence-corrected chi connectivity index (χ4v) is 3.13. The molecular formula is C14H17NO2S2. The van der Waals surface area contributed by atoms with E-state index in [-0.39, 0.29) is 0 Å². The van der Waals surface area contributed by atoms with Gasteiger partial charge >= 0.3 is 0 Å². The molecule has 102 valence electrons. The van der Waals surface area contributed by atoms with Crippen molar-refractivity contribution < 1.29 is 9.47 Å². The van der Waals surface area contributed by atoms with Gasteiger partial charge in [0.2, 0.25) is 0 Å². The van der Waals surface area contributed by atoms with Crippen LogP contribution in [-0.4, -0.2) is 18.7 Å². The summed E-state index contributed by atoms with van der Waals surface area (Å²) in [6.45, 7) is 3.14. The molecule has 0 atom stereocenters. The Labute approximate surface area is 123 Å². The summed E-state index contributed by atoms with van der Waals surface area (Å²) in [5.41, 5.74) is 1.99. The minimum absolute atomic E-state index is 0.517. The monoisotopic (exact) mass is 295 g/mol. The van der Waals surface area contributed by atoms with Crippen LogP contribution in [0.1, 0.15) is 17.5 Å². The molecule has 0 amide bonds. The molecule has 0 bridgehead atoms. The lowest BCUT2D eigenvalue weighted by Crippen LogP contribution is -1.94. The van der Waals surface area contributed by atoms with Gasteiger partial charge in [0.15, 0.2) is 0 Å². The molecule has 1 aromatic heterocycles. The highest BCUT2D eigenvalue weighted by Gasteiger charge is 2.14. The van der Waals surface area contributed by atoms with Crippen molar-refractivity contribution in [1.82, 2.24) is 4.98 Å². The van der Waals surface area contributed by atoms with E-state index in [1.54, 1.807) is 18.4 Å². The van der Waals surface area contributed by atoms with Crippen molar-refractivity contribution in [3.05, 3.63) is 34.8 Å². The third-order valence-electron chi connectivity index (χ3n) is 2.62. The zero-order valence-electron chi connectivity index (χ0n) is 11.0. The first kappa shape index (κ1) is 14.4. The van der Waals surface area contributed by atoms with Crippen LogP contribution in [0.25, 0.3) is 10.6 Å². The molecule has 0 saturated heterocycles. The number of thiol groups is 1. The summed E-state index contributed by atoms with van der Waals surface area (Å²) in [5.74, 6) is 1.54. The number of methoxy groups -OCH3 is 1. The third-order valence-corrected chi connectivity index (χ3v) is 4.28. The highest BCUT2D eigenvalue weighted by atomic mass is 32.1. The van der Waals surface area contributed by atoms with Gasteiger partial charge in [0.05, 0.1) is 24.5 Å². The molecule has 2 rings (SSSR count). The summed E-state index contributed by atoms with van der Waals surface area (Å²) in [6, 6.07) is 7.96. The maximum atomic E-state index is 5.65. The largest absolute Gasteiger partial charge is 0.493 e. The molecule has 2 aromatic rings. The highest BCUT2D eigenvalue weighted by Crippen LogP contribution is 2.35. The first-order valence-electron chi connectivity index (χ1n) is 6.10. The van der Waals surface area contributed by atoms with Crippen LogP contribution in [0.15, 0.2) is 24.3 Å². The van der Waals surface area contributed by atoms with E-state index in [4.69, 9.17) is 9.47 Å². The molecule has 1 heterocycles. The van der Waals surface area contributed by atoms with Gasteiger partial charge in [-0.15, -0.1) is 11.3 Å². The quantitative estimate of drug-likeness (QED) is 0.823. The van der Waals surface area contributed by atoms with Crippen molar-refractivity contribution in [1.29, 1.82) is 0 Å². The second kappa shape index (κ2) is 6.93. The minimum Gasteiger partial charge on any atom is -0.493 e. The Balaban J connectivity index is 2.41. The number of aromatic nitrogens is 1. The van der Waals surface area contributed by atoms with E-state index in [9.17, 15) is 0 Å². The number of thiazole rings is 1. The molecule has 0 saturated carbocycles. The first-order valence-corrected chi connectivity index (χ1v) is 7.55. The third kappa shape index (κ3) is 3.29. The standard InChI is InChI=1S/C14H17NO2S2/c1-3-17-12-7-5-4-6-10(12)14-15-11(8-16-2)13(9-18)19-14/h4-7,18H,3,8-9H2,1-2H3. The predicted molar refractivity (Wildman–Crippen MR) is 82.1 cm³/mol. The van der Waals surface area contributed by atoms with Crippen LogP contribution in [0.3, 0.4) is 0 Å². The summed E-state index contributed by atoms with van der Waals surface area (Å²) in [7, 11) is 1.68. The molecule has 0 aliphatic heterocycles. The summed E-state index contributed by atoms with van der Waals surface area (Å²) in [5, 5.41) is 0.958. The average Bonchev–Trinajstić information content (AvgIpc) is 2.83. The van der Waals surface area contributed by atoms with E-state index in [0.29, 0.717) is 19.0 Å². The molecule has 0 spiro atoms. The summed E-state index contributed by atoms with van der Waals surface area (Å²) in [4.78, 5) is 5.79. The SMILES string of the molecule is CCOc1ccccc1-c1nc(COC)c(CS)s1. The maximum absolute atomic E-state index is 5.65. The van der Waals surface area contributed by atoms with Gasteiger partial charge < -0.3 is 9.47 Å². The lowest BCUT2D eigenvalue weighted by molar-refractivity contribution is 0.181. The van der Waals surface area contributed by atoms with E-state index in [0.717, 1.165) is 26.9 Å². The van der Waals surface area contributed by atoms with Crippen LogP contribution in [0.4, 0.5) is 0 Å². The lowest BCUT2D eigenvalue weighted by atomic mass is 10.2. The van der Waals surface area contributed by atoms with E-state index < -0.39 is 0 Å². The van der Waals surface area contributed by atoms with Gasteiger partial charge in [0.1, 0.15) is 10.8 Å². The van der Waals surface area contributed by atoms with Crippen LogP contribution in [0.2, 0.25) is 0 Å². The van der Waals surface area contributed by atoms with Gasteiger partial charge in [-0.2, -0.15) is 12.6 Å². The van der Waals surface area contributed by atoms with Gasteiger partial charge in [-0.25, -0.2) is 4.98 Å². The minimum atomic E-state index is 0.517. The summed E-state index contributed by atoms with van der Waals surface area (Å²) in [6.07, 6.45) is 0. The van der Waals surface area contributed by atoms with Gasteiger partial charge in [-0.1, -0.05) is 12.1 Å². The Bertz CT molecular complexity index is 540. The molecule has 3 nitrogen and oxygen atoms in total. The van der Waals surface area contributed by atoms with Crippen molar-refractivity contribution in [2.75, 3.05) is 13.7 Å². The number of rotatable bonds is 6. The van der Waals surface area contributed by atoms with Crippen LogP contribution in [0.5, 0.6) is 5.75 Å². The molecule has 0 aliphatic carbocycles. The molecular weight excluding hydrogens is 278 g/mol. The van der Waals surface area contributed by atoms with Crippen LogP contribution in [0, 0.1) is 0 Å². The van der Waals surface area contributed by atoms with E-state index in [1.165, 1.54) is 0 Å². The van der Waals surface area contributed by atoms with Crippen LogP contribution < -0.4 is 4.74 Å². The van der Waals surface area contributed by atoms with Gasteiger partial charge in [0.25, 0.3) is 0 Å². The number of para-hydroxylation sites is 1. The zero-order chi connectivity index (χ0) is 13.7. The normalized spacial score (nSPS) is 10.7. The van der Waals surface area contributed by atoms with Crippen LogP contribution >= 0.6 is 24.0 Å². The van der Waals surface area contributed by atoms with Gasteiger partial charge in [0, 0.05) is 17.7 Å². The zero-order valence-corrected chi connectivity index (χ0v) is 12.8. The number of nitrogens with zero attached hydrogens (tertiary/aromatic N) is 1. The molecule has 19 heavy (non-hydrogen) atoms. The number of benzene rings is 1. The van der Waals surface area contributed by atoms with Crippen molar-refractivity contribution in [2.24, 2.45) is 0 Å².